The third-order valence-corrected chi connectivity index (χ3v) is 3.95. The highest BCUT2D eigenvalue weighted by atomic mass is 16.4. The quantitative estimate of drug-likeness (QED) is 0.761. The zero-order valence-corrected chi connectivity index (χ0v) is 15.9. The Bertz CT molecular complexity index is 541. The van der Waals surface area contributed by atoms with E-state index in [4.69, 9.17) is 0 Å². The first-order valence-electron chi connectivity index (χ1n) is 8.38. The van der Waals surface area contributed by atoms with Crippen LogP contribution in [-0.4, -0.2) is 38.8 Å². The van der Waals surface area contributed by atoms with Crippen molar-refractivity contribution in [1.29, 1.82) is 0 Å². The predicted molar refractivity (Wildman–Crippen MR) is 97.2 cm³/mol. The monoisotopic (exact) mass is 336 g/mol. The van der Waals surface area contributed by atoms with Gasteiger partial charge in [0.15, 0.2) is 0 Å². The van der Waals surface area contributed by atoms with E-state index in [-0.39, 0.29) is 11.6 Å². The first kappa shape index (κ1) is 20.5. The van der Waals surface area contributed by atoms with Gasteiger partial charge in [0, 0.05) is 17.6 Å². The summed E-state index contributed by atoms with van der Waals surface area (Å²) < 4.78 is 0. The number of carboxylic acid groups (broad SMARTS) is 1. The highest BCUT2D eigenvalue weighted by molar-refractivity contribution is 5.66. The summed E-state index contributed by atoms with van der Waals surface area (Å²) in [5.74, 6) is 0. The Hall–Kier alpha value is -1.59. The third kappa shape index (κ3) is 5.80. The van der Waals surface area contributed by atoms with Gasteiger partial charge in [0.2, 0.25) is 0 Å². The SMILES string of the molecule is C[C@@H](c1ccc([C@H](O)CNC(C)(C)C)cc1)N(C(=O)O)C(C)(C)C. The molecule has 1 aromatic carbocycles. The molecule has 1 aromatic rings. The van der Waals surface area contributed by atoms with Gasteiger partial charge in [0.1, 0.15) is 0 Å². The van der Waals surface area contributed by atoms with Crippen molar-refractivity contribution in [1.82, 2.24) is 10.2 Å². The summed E-state index contributed by atoms with van der Waals surface area (Å²) in [6, 6.07) is 7.25. The minimum Gasteiger partial charge on any atom is -0.465 e. The Morgan fingerprint density at radius 2 is 1.54 bits per heavy atom. The lowest BCUT2D eigenvalue weighted by Crippen LogP contribution is -2.46. The molecular weight excluding hydrogens is 304 g/mol. The molecule has 136 valence electrons. The van der Waals surface area contributed by atoms with E-state index < -0.39 is 17.7 Å². The molecule has 0 aliphatic heterocycles. The standard InChI is InChI=1S/C19H32N2O3/c1-13(21(17(23)24)19(5,6)7)14-8-10-15(11-9-14)16(22)12-20-18(2,3)4/h8-11,13,16,20,22H,12H2,1-7H3,(H,23,24)/t13-,16+/m0/s1. The summed E-state index contributed by atoms with van der Waals surface area (Å²) >= 11 is 0. The lowest BCUT2D eigenvalue weighted by molar-refractivity contribution is 0.0752. The van der Waals surface area contributed by atoms with Crippen molar-refractivity contribution in [2.75, 3.05) is 6.54 Å². The maximum absolute atomic E-state index is 11.6. The first-order valence-corrected chi connectivity index (χ1v) is 8.38. The number of amides is 1. The fraction of sp³-hybridized carbons (Fsp3) is 0.632. The number of β-amino-alcohol motifs (C(OH)–C–C–N with tert-alkyl or cyclic N) is 1. The van der Waals surface area contributed by atoms with E-state index in [1.165, 1.54) is 4.90 Å². The Kier molecular flexibility index (Phi) is 6.42. The zero-order chi connectivity index (χ0) is 18.7. The molecule has 0 fully saturated rings. The minimum atomic E-state index is -0.937. The number of benzene rings is 1. The normalized spacial score (nSPS) is 15.0. The lowest BCUT2D eigenvalue weighted by Gasteiger charge is -2.38. The number of hydrogen-bond acceptors (Lipinski definition) is 3. The van der Waals surface area contributed by atoms with Crippen LogP contribution >= 0.6 is 0 Å². The highest BCUT2D eigenvalue weighted by Gasteiger charge is 2.31. The van der Waals surface area contributed by atoms with Crippen LogP contribution < -0.4 is 5.32 Å². The van der Waals surface area contributed by atoms with Gasteiger partial charge in [0.05, 0.1) is 12.1 Å². The maximum atomic E-state index is 11.6. The van der Waals surface area contributed by atoms with Crippen LogP contribution in [0.15, 0.2) is 24.3 Å². The molecule has 0 aliphatic rings. The lowest BCUT2D eigenvalue weighted by atomic mass is 9.98. The van der Waals surface area contributed by atoms with Crippen molar-refractivity contribution in [3.8, 4) is 0 Å². The molecule has 0 spiro atoms. The van der Waals surface area contributed by atoms with Crippen molar-refractivity contribution < 1.29 is 15.0 Å². The van der Waals surface area contributed by atoms with E-state index in [1.54, 1.807) is 0 Å². The molecule has 1 amide bonds. The van der Waals surface area contributed by atoms with Gasteiger partial charge in [0.25, 0.3) is 0 Å². The second-order valence-electron chi connectivity index (χ2n) is 8.31. The minimum absolute atomic E-state index is 0.0515. The molecule has 0 saturated carbocycles. The van der Waals surface area contributed by atoms with Gasteiger partial charge in [-0.1, -0.05) is 24.3 Å². The summed E-state index contributed by atoms with van der Waals surface area (Å²) in [4.78, 5) is 13.0. The molecule has 5 nitrogen and oxygen atoms in total. The van der Waals surface area contributed by atoms with Gasteiger partial charge in [-0.2, -0.15) is 0 Å². The molecule has 0 radical (unpaired) electrons. The van der Waals surface area contributed by atoms with Gasteiger partial charge in [-0.3, -0.25) is 4.90 Å². The van der Waals surface area contributed by atoms with Gasteiger partial charge >= 0.3 is 6.09 Å². The zero-order valence-electron chi connectivity index (χ0n) is 15.9. The van der Waals surface area contributed by atoms with E-state index in [2.05, 4.69) is 26.1 Å². The molecule has 0 aromatic heterocycles. The number of nitrogens with zero attached hydrogens (tertiary/aromatic N) is 1. The summed E-state index contributed by atoms with van der Waals surface area (Å²) in [6.07, 6.45) is -1.53. The predicted octanol–water partition coefficient (Wildman–Crippen LogP) is 3.95. The van der Waals surface area contributed by atoms with Crippen LogP contribution in [0.25, 0.3) is 0 Å². The third-order valence-electron chi connectivity index (χ3n) is 3.95. The molecular formula is C19H32N2O3. The Labute approximate surface area is 145 Å². The van der Waals surface area contributed by atoms with E-state index in [0.717, 1.165) is 11.1 Å². The number of aliphatic hydroxyl groups is 1. The van der Waals surface area contributed by atoms with Crippen LogP contribution in [-0.2, 0) is 0 Å². The van der Waals surface area contributed by atoms with Crippen molar-refractivity contribution in [3.63, 3.8) is 0 Å². The topological polar surface area (TPSA) is 72.8 Å². The Balaban J connectivity index is 2.88. The van der Waals surface area contributed by atoms with Gasteiger partial charge in [-0.15, -0.1) is 0 Å². The molecule has 5 heteroatoms. The van der Waals surface area contributed by atoms with Crippen LogP contribution in [0.4, 0.5) is 4.79 Å². The van der Waals surface area contributed by atoms with Crippen LogP contribution in [0.2, 0.25) is 0 Å². The van der Waals surface area contributed by atoms with Crippen molar-refractivity contribution in [2.45, 2.75) is 71.7 Å². The van der Waals surface area contributed by atoms with E-state index in [1.807, 2.05) is 52.0 Å². The summed E-state index contributed by atoms with van der Waals surface area (Å²) in [7, 11) is 0. The van der Waals surface area contributed by atoms with E-state index in [0.29, 0.717) is 6.54 Å². The first-order chi connectivity index (χ1) is 10.8. The van der Waals surface area contributed by atoms with E-state index >= 15 is 0 Å². The molecule has 0 saturated heterocycles. The fourth-order valence-corrected chi connectivity index (χ4v) is 2.70. The van der Waals surface area contributed by atoms with Crippen LogP contribution in [0.5, 0.6) is 0 Å². The number of carbonyl (C=O) groups is 1. The second kappa shape index (κ2) is 7.53. The number of rotatable bonds is 5. The Morgan fingerprint density at radius 1 is 1.08 bits per heavy atom. The van der Waals surface area contributed by atoms with Crippen molar-refractivity contribution >= 4 is 6.09 Å². The average molecular weight is 336 g/mol. The fourth-order valence-electron chi connectivity index (χ4n) is 2.70. The largest absolute Gasteiger partial charge is 0.465 e. The summed E-state index contributed by atoms with van der Waals surface area (Å²) in [6.45, 7) is 14.2. The average Bonchev–Trinajstić information content (AvgIpc) is 2.42. The maximum Gasteiger partial charge on any atom is 0.408 e. The van der Waals surface area contributed by atoms with Crippen LogP contribution in [0.3, 0.4) is 0 Å². The summed E-state index contributed by atoms with van der Waals surface area (Å²) in [5.41, 5.74) is 1.19. The molecule has 0 unspecified atom stereocenters. The highest BCUT2D eigenvalue weighted by Crippen LogP contribution is 2.28. The smallest absolute Gasteiger partial charge is 0.408 e. The molecule has 24 heavy (non-hydrogen) atoms. The second-order valence-corrected chi connectivity index (χ2v) is 8.31. The molecule has 0 bridgehead atoms. The van der Waals surface area contributed by atoms with Crippen molar-refractivity contribution in [2.24, 2.45) is 0 Å². The van der Waals surface area contributed by atoms with E-state index in [9.17, 15) is 15.0 Å². The Morgan fingerprint density at radius 3 is 1.92 bits per heavy atom. The van der Waals surface area contributed by atoms with Crippen molar-refractivity contribution in [3.05, 3.63) is 35.4 Å². The molecule has 0 heterocycles. The van der Waals surface area contributed by atoms with Crippen LogP contribution in [0, 0.1) is 0 Å². The summed E-state index contributed by atoms with van der Waals surface area (Å²) in [5, 5.41) is 23.1. The number of aliphatic hydroxyl groups excluding tert-OH is 1. The number of nitrogens with one attached hydrogen (secondary N) is 1. The molecule has 1 rings (SSSR count). The van der Waals surface area contributed by atoms with Gasteiger partial charge < -0.3 is 15.5 Å². The number of hydrogen-bond donors (Lipinski definition) is 3. The van der Waals surface area contributed by atoms with Gasteiger partial charge in [-0.05, 0) is 59.6 Å². The molecule has 3 N–H and O–H groups in total. The molecule has 2 atom stereocenters. The molecule has 0 aliphatic carbocycles. The van der Waals surface area contributed by atoms with Crippen LogP contribution in [0.1, 0.15) is 71.7 Å². The van der Waals surface area contributed by atoms with Gasteiger partial charge in [-0.25, -0.2) is 4.79 Å².